The lowest BCUT2D eigenvalue weighted by Gasteiger charge is -2.21. The molecule has 1 unspecified atom stereocenters. The summed E-state index contributed by atoms with van der Waals surface area (Å²) >= 11 is 1.60. The van der Waals surface area contributed by atoms with E-state index in [1.54, 1.807) is 18.7 Å². The average molecular weight is 259 g/mol. The van der Waals surface area contributed by atoms with Crippen molar-refractivity contribution in [3.8, 4) is 0 Å². The van der Waals surface area contributed by atoms with Crippen LogP contribution in [-0.4, -0.2) is 10.5 Å². The summed E-state index contributed by atoms with van der Waals surface area (Å²) in [7, 11) is 0. The van der Waals surface area contributed by atoms with Gasteiger partial charge in [0.1, 0.15) is 11.6 Å². The first-order valence-electron chi connectivity index (χ1n) is 5.56. The number of benzene rings is 1. The molecule has 0 radical (unpaired) electrons. The Morgan fingerprint density at radius 2 is 1.88 bits per heavy atom. The zero-order valence-corrected chi connectivity index (χ0v) is 11.5. The van der Waals surface area contributed by atoms with Crippen molar-refractivity contribution in [3.05, 3.63) is 34.9 Å². The van der Waals surface area contributed by atoms with Crippen molar-refractivity contribution in [1.82, 2.24) is 0 Å². The number of nitrogens with two attached hydrogens (primary N) is 1. The van der Waals surface area contributed by atoms with Crippen molar-refractivity contribution < 1.29 is 8.78 Å². The largest absolute Gasteiger partial charge is 0.323 e. The Hall–Kier alpha value is -0.610. The van der Waals surface area contributed by atoms with Crippen molar-refractivity contribution in [2.24, 2.45) is 5.73 Å². The van der Waals surface area contributed by atoms with Crippen molar-refractivity contribution in [1.29, 1.82) is 0 Å². The number of hydrogen-bond acceptors (Lipinski definition) is 2. The molecular weight excluding hydrogens is 240 g/mol. The molecule has 1 atom stereocenters. The summed E-state index contributed by atoms with van der Waals surface area (Å²) in [5, 5.41) is 0. The van der Waals surface area contributed by atoms with E-state index in [-0.39, 0.29) is 10.3 Å². The van der Waals surface area contributed by atoms with E-state index in [9.17, 15) is 8.78 Å². The number of thioether (sulfide) groups is 1. The van der Waals surface area contributed by atoms with Crippen LogP contribution in [0.5, 0.6) is 0 Å². The Morgan fingerprint density at radius 1 is 1.29 bits per heavy atom. The van der Waals surface area contributed by atoms with Gasteiger partial charge >= 0.3 is 0 Å². The first-order chi connectivity index (χ1) is 7.72. The van der Waals surface area contributed by atoms with Crippen LogP contribution < -0.4 is 5.73 Å². The highest BCUT2D eigenvalue weighted by atomic mass is 32.2. The summed E-state index contributed by atoms with van der Waals surface area (Å²) in [5.41, 5.74) is 6.30. The van der Waals surface area contributed by atoms with Gasteiger partial charge < -0.3 is 5.73 Å². The number of rotatable bonds is 3. The molecule has 0 fully saturated rings. The standard InChI is InChI=1S/C13H19F2NS/c1-8-5-6-9(14)11(12(8)15)10(16)7-17-13(2,3)4/h5-6,10H,7,16H2,1-4H3. The van der Waals surface area contributed by atoms with Gasteiger partial charge in [-0.1, -0.05) is 26.8 Å². The molecule has 0 bridgehead atoms. The summed E-state index contributed by atoms with van der Waals surface area (Å²) in [4.78, 5) is 0. The lowest BCUT2D eigenvalue weighted by atomic mass is 10.0. The third-order valence-corrected chi connectivity index (χ3v) is 3.78. The molecule has 0 aliphatic carbocycles. The molecule has 2 N–H and O–H groups in total. The number of aryl methyl sites for hydroxylation is 1. The minimum Gasteiger partial charge on any atom is -0.323 e. The molecule has 4 heteroatoms. The zero-order chi connectivity index (χ0) is 13.2. The third-order valence-electron chi connectivity index (χ3n) is 2.39. The van der Waals surface area contributed by atoms with Gasteiger partial charge in [-0.3, -0.25) is 0 Å². The monoisotopic (exact) mass is 259 g/mol. The Balaban J connectivity index is 2.89. The molecule has 0 amide bonds. The van der Waals surface area contributed by atoms with Crippen LogP contribution in [0.1, 0.15) is 37.9 Å². The molecule has 0 aromatic heterocycles. The summed E-state index contributed by atoms with van der Waals surface area (Å²) in [6.45, 7) is 7.76. The predicted molar refractivity (Wildman–Crippen MR) is 70.2 cm³/mol. The topological polar surface area (TPSA) is 26.0 Å². The second-order valence-electron chi connectivity index (χ2n) is 5.12. The van der Waals surface area contributed by atoms with Gasteiger partial charge in [0.25, 0.3) is 0 Å². The van der Waals surface area contributed by atoms with Gasteiger partial charge in [0.15, 0.2) is 0 Å². The van der Waals surface area contributed by atoms with E-state index >= 15 is 0 Å². The Morgan fingerprint density at radius 3 is 2.41 bits per heavy atom. The highest BCUT2D eigenvalue weighted by Gasteiger charge is 2.20. The first-order valence-corrected chi connectivity index (χ1v) is 6.55. The minimum atomic E-state index is -0.612. The highest BCUT2D eigenvalue weighted by Crippen LogP contribution is 2.30. The maximum Gasteiger partial charge on any atom is 0.133 e. The van der Waals surface area contributed by atoms with E-state index < -0.39 is 17.7 Å². The summed E-state index contributed by atoms with van der Waals surface area (Å²) in [6, 6.07) is 2.09. The maximum atomic E-state index is 13.8. The molecule has 0 heterocycles. The van der Waals surface area contributed by atoms with Crippen LogP contribution in [0.2, 0.25) is 0 Å². The summed E-state index contributed by atoms with van der Waals surface area (Å²) < 4.78 is 27.4. The molecule has 0 aliphatic rings. The summed E-state index contributed by atoms with van der Waals surface area (Å²) in [5.74, 6) is -0.581. The van der Waals surface area contributed by atoms with Crippen LogP contribution in [0.4, 0.5) is 8.78 Å². The Labute approximate surface area is 106 Å². The van der Waals surface area contributed by atoms with Crippen LogP contribution in [0.25, 0.3) is 0 Å². The van der Waals surface area contributed by atoms with E-state index in [0.717, 1.165) is 0 Å². The molecule has 0 saturated heterocycles. The quantitative estimate of drug-likeness (QED) is 0.893. The van der Waals surface area contributed by atoms with Gasteiger partial charge in [0.05, 0.1) is 0 Å². The lowest BCUT2D eigenvalue weighted by molar-refractivity contribution is 0.533. The maximum absolute atomic E-state index is 13.8. The van der Waals surface area contributed by atoms with Crippen molar-refractivity contribution in [2.45, 2.75) is 38.5 Å². The third kappa shape index (κ3) is 3.96. The lowest BCUT2D eigenvalue weighted by Crippen LogP contribution is -2.20. The van der Waals surface area contributed by atoms with Gasteiger partial charge in [0.2, 0.25) is 0 Å². The predicted octanol–water partition coefficient (Wildman–Crippen LogP) is 3.80. The molecule has 0 spiro atoms. The van der Waals surface area contributed by atoms with Crippen molar-refractivity contribution in [2.75, 3.05) is 5.75 Å². The second-order valence-corrected chi connectivity index (χ2v) is 6.97. The van der Waals surface area contributed by atoms with Gasteiger partial charge in [-0.05, 0) is 18.6 Å². The van der Waals surface area contributed by atoms with Crippen LogP contribution in [0.15, 0.2) is 12.1 Å². The molecule has 1 aromatic rings. The molecule has 0 saturated carbocycles. The second kappa shape index (κ2) is 5.36. The number of hydrogen-bond donors (Lipinski definition) is 1. The van der Waals surface area contributed by atoms with Gasteiger partial charge in [-0.15, -0.1) is 0 Å². The average Bonchev–Trinajstić information content (AvgIpc) is 2.20. The van der Waals surface area contributed by atoms with Crippen molar-refractivity contribution >= 4 is 11.8 Å². The molecule has 1 nitrogen and oxygen atoms in total. The van der Waals surface area contributed by atoms with Gasteiger partial charge in [0, 0.05) is 22.1 Å². The van der Waals surface area contributed by atoms with E-state index in [0.29, 0.717) is 11.3 Å². The summed E-state index contributed by atoms with van der Waals surface area (Å²) in [6.07, 6.45) is 0. The van der Waals surface area contributed by atoms with E-state index in [4.69, 9.17) is 5.73 Å². The fraction of sp³-hybridized carbons (Fsp3) is 0.538. The smallest absolute Gasteiger partial charge is 0.133 e. The SMILES string of the molecule is Cc1ccc(F)c(C(N)CSC(C)(C)C)c1F. The first kappa shape index (κ1) is 14.5. The Bertz CT molecular complexity index is 399. The van der Waals surface area contributed by atoms with Crippen molar-refractivity contribution in [3.63, 3.8) is 0 Å². The van der Waals surface area contributed by atoms with E-state index in [1.165, 1.54) is 12.1 Å². The Kier molecular flexibility index (Phi) is 4.55. The van der Waals surface area contributed by atoms with E-state index in [2.05, 4.69) is 0 Å². The van der Waals surface area contributed by atoms with Crippen LogP contribution in [-0.2, 0) is 0 Å². The molecular formula is C13H19F2NS. The minimum absolute atomic E-state index is 0.00162. The zero-order valence-electron chi connectivity index (χ0n) is 10.7. The van der Waals surface area contributed by atoms with E-state index in [1.807, 2.05) is 20.8 Å². The van der Waals surface area contributed by atoms with Gasteiger partial charge in [-0.2, -0.15) is 11.8 Å². The fourth-order valence-electron chi connectivity index (χ4n) is 1.44. The number of halogens is 2. The fourth-order valence-corrected chi connectivity index (χ4v) is 2.29. The molecule has 17 heavy (non-hydrogen) atoms. The van der Waals surface area contributed by atoms with Crippen LogP contribution >= 0.6 is 11.8 Å². The molecule has 0 aliphatic heterocycles. The van der Waals surface area contributed by atoms with Crippen LogP contribution in [0.3, 0.4) is 0 Å². The van der Waals surface area contributed by atoms with Gasteiger partial charge in [-0.25, -0.2) is 8.78 Å². The molecule has 1 rings (SSSR count). The van der Waals surface area contributed by atoms with Crippen LogP contribution in [0, 0.1) is 18.6 Å². The molecule has 1 aromatic carbocycles. The molecule has 96 valence electrons. The highest BCUT2D eigenvalue weighted by molar-refractivity contribution is 8.00. The normalized spacial score (nSPS) is 13.8.